The molecule has 114 valence electrons. The van der Waals surface area contributed by atoms with Gasteiger partial charge >= 0.3 is 0 Å². The zero-order chi connectivity index (χ0) is 15.1. The highest BCUT2D eigenvalue weighted by molar-refractivity contribution is 5.92. The molecule has 1 saturated carbocycles. The molecular weight excluding hydrogens is 266 g/mol. The highest BCUT2D eigenvalue weighted by atomic mass is 16.3. The summed E-state index contributed by atoms with van der Waals surface area (Å²) in [6.07, 6.45) is 7.76. The zero-order valence-electron chi connectivity index (χ0n) is 12.8. The highest BCUT2D eigenvalue weighted by Gasteiger charge is 2.57. The van der Waals surface area contributed by atoms with Crippen LogP contribution in [-0.2, 0) is 0 Å². The van der Waals surface area contributed by atoms with Crippen molar-refractivity contribution in [1.29, 1.82) is 0 Å². The second-order valence-corrected chi connectivity index (χ2v) is 6.50. The van der Waals surface area contributed by atoms with E-state index in [2.05, 4.69) is 16.9 Å². The molecule has 1 N–H and O–H groups in total. The van der Waals surface area contributed by atoms with Gasteiger partial charge < -0.3 is 10.0 Å². The molecule has 3 rings (SSSR count). The molecule has 0 aromatic carbocycles. The van der Waals surface area contributed by atoms with Crippen LogP contribution in [0.5, 0.6) is 0 Å². The van der Waals surface area contributed by atoms with Gasteiger partial charge in [-0.05, 0) is 39.0 Å². The van der Waals surface area contributed by atoms with Crippen molar-refractivity contribution in [2.45, 2.75) is 51.6 Å². The Morgan fingerprint density at radius 2 is 1.95 bits per heavy atom. The fourth-order valence-corrected chi connectivity index (χ4v) is 3.84. The number of hydrogen-bond donors (Lipinski definition) is 1. The van der Waals surface area contributed by atoms with E-state index in [9.17, 15) is 9.90 Å². The summed E-state index contributed by atoms with van der Waals surface area (Å²) < 4.78 is 0. The Morgan fingerprint density at radius 3 is 2.43 bits per heavy atom. The molecule has 2 aliphatic rings. The van der Waals surface area contributed by atoms with Crippen molar-refractivity contribution in [1.82, 2.24) is 14.9 Å². The summed E-state index contributed by atoms with van der Waals surface area (Å²) in [6, 6.07) is 0. The van der Waals surface area contributed by atoms with Crippen LogP contribution in [0.25, 0.3) is 0 Å². The quantitative estimate of drug-likeness (QED) is 0.903. The third kappa shape index (κ3) is 2.24. The number of hydrogen-bond acceptors (Lipinski definition) is 4. The van der Waals surface area contributed by atoms with Crippen molar-refractivity contribution in [3.8, 4) is 0 Å². The minimum Gasteiger partial charge on any atom is -0.389 e. The number of piperidine rings is 1. The van der Waals surface area contributed by atoms with E-state index in [0.29, 0.717) is 18.8 Å². The number of likely N-dealkylation sites (tertiary alicyclic amines) is 1. The molecule has 1 saturated heterocycles. The summed E-state index contributed by atoms with van der Waals surface area (Å²) in [6.45, 7) is 5.32. The van der Waals surface area contributed by atoms with Gasteiger partial charge in [-0.15, -0.1) is 0 Å². The fraction of sp³-hybridized carbons (Fsp3) is 0.688. The van der Waals surface area contributed by atoms with Crippen LogP contribution in [0.2, 0.25) is 0 Å². The molecule has 2 fully saturated rings. The van der Waals surface area contributed by atoms with Crippen molar-refractivity contribution >= 4 is 5.91 Å². The van der Waals surface area contributed by atoms with Crippen LogP contribution in [-0.4, -0.2) is 44.6 Å². The molecule has 21 heavy (non-hydrogen) atoms. The van der Waals surface area contributed by atoms with Gasteiger partial charge in [0.05, 0.1) is 17.5 Å². The van der Waals surface area contributed by atoms with Gasteiger partial charge in [-0.25, -0.2) is 4.98 Å². The van der Waals surface area contributed by atoms with Gasteiger partial charge in [-0.1, -0.05) is 6.92 Å². The molecule has 1 aromatic heterocycles. The molecule has 1 spiro atoms. The maximum atomic E-state index is 12.4. The van der Waals surface area contributed by atoms with E-state index >= 15 is 0 Å². The molecular formula is C16H23N3O2. The van der Waals surface area contributed by atoms with Crippen molar-refractivity contribution in [2.24, 2.45) is 5.41 Å². The van der Waals surface area contributed by atoms with Crippen molar-refractivity contribution in [3.05, 3.63) is 23.8 Å². The fourth-order valence-electron chi connectivity index (χ4n) is 3.84. The van der Waals surface area contributed by atoms with Crippen molar-refractivity contribution < 1.29 is 9.90 Å². The van der Waals surface area contributed by atoms with Crippen LogP contribution >= 0.6 is 0 Å². The van der Waals surface area contributed by atoms with Gasteiger partial charge in [0.25, 0.3) is 5.91 Å². The first-order chi connectivity index (χ1) is 10.00. The maximum absolute atomic E-state index is 12.4. The van der Waals surface area contributed by atoms with Gasteiger partial charge in [0, 0.05) is 24.7 Å². The van der Waals surface area contributed by atoms with E-state index in [0.717, 1.165) is 37.8 Å². The van der Waals surface area contributed by atoms with E-state index in [4.69, 9.17) is 0 Å². The predicted molar refractivity (Wildman–Crippen MR) is 78.8 cm³/mol. The molecule has 1 amide bonds. The molecule has 1 aliphatic carbocycles. The van der Waals surface area contributed by atoms with Gasteiger partial charge in [0.2, 0.25) is 0 Å². The minimum absolute atomic E-state index is 0.0392. The molecule has 2 heterocycles. The molecule has 5 nitrogen and oxygen atoms in total. The average Bonchev–Trinajstić information content (AvgIpc) is 2.53. The summed E-state index contributed by atoms with van der Waals surface area (Å²) in [4.78, 5) is 22.6. The second-order valence-electron chi connectivity index (χ2n) is 6.50. The second kappa shape index (κ2) is 5.05. The summed E-state index contributed by atoms with van der Waals surface area (Å²) in [5.41, 5.74) is 0.756. The third-order valence-corrected chi connectivity index (χ3v) is 5.60. The van der Waals surface area contributed by atoms with E-state index in [1.807, 2.05) is 11.8 Å². The third-order valence-electron chi connectivity index (χ3n) is 5.60. The average molecular weight is 289 g/mol. The Hall–Kier alpha value is -1.49. The predicted octanol–water partition coefficient (Wildman–Crippen LogP) is 1.94. The standard InChI is InChI=1S/C16H23N3O2/c1-3-16(21)5-4-15(16)6-8-19(9-7-15)14(20)13-11-17-12(2)10-18-13/h10-11,21H,3-9H2,1-2H3. The SMILES string of the molecule is CCC1(O)CCC12CCN(C(=O)c1cnc(C)cn1)CC2. The molecule has 0 bridgehead atoms. The zero-order valence-corrected chi connectivity index (χ0v) is 12.8. The number of carbonyl (C=O) groups excluding carboxylic acids is 1. The Kier molecular flexibility index (Phi) is 3.48. The van der Waals surface area contributed by atoms with E-state index in [1.165, 1.54) is 0 Å². The smallest absolute Gasteiger partial charge is 0.274 e. The molecule has 0 radical (unpaired) electrons. The highest BCUT2D eigenvalue weighted by Crippen LogP contribution is 2.57. The lowest BCUT2D eigenvalue weighted by atomic mass is 9.51. The number of carbonyl (C=O) groups is 1. The number of nitrogens with zero attached hydrogens (tertiary/aromatic N) is 3. The lowest BCUT2D eigenvalue weighted by molar-refractivity contribution is -0.188. The first kappa shape index (κ1) is 14.4. The Bertz CT molecular complexity index is 531. The van der Waals surface area contributed by atoms with Gasteiger partial charge in [0.15, 0.2) is 0 Å². The maximum Gasteiger partial charge on any atom is 0.274 e. The normalized spacial score (nSPS) is 27.5. The van der Waals surface area contributed by atoms with Gasteiger partial charge in [0.1, 0.15) is 5.69 Å². The summed E-state index contributed by atoms with van der Waals surface area (Å²) >= 11 is 0. The van der Waals surface area contributed by atoms with Crippen LogP contribution in [0.3, 0.4) is 0 Å². The summed E-state index contributed by atoms with van der Waals surface area (Å²) in [5, 5.41) is 10.6. The van der Waals surface area contributed by atoms with Crippen LogP contribution < -0.4 is 0 Å². The van der Waals surface area contributed by atoms with E-state index < -0.39 is 5.60 Å². The summed E-state index contributed by atoms with van der Waals surface area (Å²) in [5.74, 6) is -0.0447. The van der Waals surface area contributed by atoms with Gasteiger partial charge in [-0.3, -0.25) is 9.78 Å². The van der Waals surface area contributed by atoms with Gasteiger partial charge in [-0.2, -0.15) is 0 Å². The lowest BCUT2D eigenvalue weighted by Gasteiger charge is -2.59. The molecule has 1 atom stereocenters. The first-order valence-corrected chi connectivity index (χ1v) is 7.80. The lowest BCUT2D eigenvalue weighted by Crippen LogP contribution is -2.61. The van der Waals surface area contributed by atoms with Crippen LogP contribution in [0.4, 0.5) is 0 Å². The Labute approximate surface area is 125 Å². The Morgan fingerprint density at radius 1 is 1.24 bits per heavy atom. The molecule has 5 heteroatoms. The first-order valence-electron chi connectivity index (χ1n) is 7.80. The van der Waals surface area contributed by atoms with Crippen molar-refractivity contribution in [3.63, 3.8) is 0 Å². The number of aryl methyl sites for hydroxylation is 1. The minimum atomic E-state index is -0.508. The Balaban J connectivity index is 1.66. The van der Waals surface area contributed by atoms with E-state index in [-0.39, 0.29) is 11.3 Å². The number of aromatic nitrogens is 2. The molecule has 1 unspecified atom stereocenters. The van der Waals surface area contributed by atoms with E-state index in [1.54, 1.807) is 12.4 Å². The van der Waals surface area contributed by atoms with Crippen LogP contribution in [0, 0.1) is 12.3 Å². The monoisotopic (exact) mass is 289 g/mol. The molecule has 1 aliphatic heterocycles. The molecule has 1 aromatic rings. The number of amides is 1. The summed E-state index contributed by atoms with van der Waals surface area (Å²) in [7, 11) is 0. The number of aliphatic hydroxyl groups is 1. The van der Waals surface area contributed by atoms with Crippen LogP contribution in [0.1, 0.15) is 55.2 Å². The largest absolute Gasteiger partial charge is 0.389 e. The number of rotatable bonds is 2. The van der Waals surface area contributed by atoms with Crippen LogP contribution in [0.15, 0.2) is 12.4 Å². The topological polar surface area (TPSA) is 66.3 Å². The van der Waals surface area contributed by atoms with Crippen molar-refractivity contribution in [2.75, 3.05) is 13.1 Å².